The molecule has 34 heavy (non-hydrogen) atoms. The first kappa shape index (κ1) is 25.9. The SMILES string of the molecule is COCC(=O)N1CCCN(C(C)C)CCN(C(=O)CCc2cn(C)nc2C)Cc2ccccc21. The minimum absolute atomic E-state index is 0.0370. The number of hydrogen-bond donors (Lipinski definition) is 0. The van der Waals surface area contributed by atoms with Crippen molar-refractivity contribution >= 4 is 17.5 Å². The minimum atomic E-state index is -0.0600. The van der Waals surface area contributed by atoms with Crippen LogP contribution in [0.1, 0.15) is 43.5 Å². The molecular weight excluding hydrogens is 430 g/mol. The highest BCUT2D eigenvalue weighted by molar-refractivity contribution is 5.95. The summed E-state index contributed by atoms with van der Waals surface area (Å²) in [4.78, 5) is 32.5. The number of para-hydroxylation sites is 1. The van der Waals surface area contributed by atoms with E-state index in [9.17, 15) is 9.59 Å². The zero-order chi connectivity index (χ0) is 24.7. The van der Waals surface area contributed by atoms with Gasteiger partial charge in [0.1, 0.15) is 6.61 Å². The Bertz CT molecular complexity index is 971. The molecule has 2 heterocycles. The molecule has 2 amide bonds. The molecule has 0 unspecified atom stereocenters. The summed E-state index contributed by atoms with van der Waals surface area (Å²) in [5.41, 5.74) is 3.92. The van der Waals surface area contributed by atoms with E-state index in [1.807, 2.05) is 54.2 Å². The number of benzene rings is 1. The fourth-order valence-corrected chi connectivity index (χ4v) is 4.59. The summed E-state index contributed by atoms with van der Waals surface area (Å²) in [6, 6.07) is 8.28. The number of hydrogen-bond acceptors (Lipinski definition) is 5. The van der Waals surface area contributed by atoms with Gasteiger partial charge in [-0.3, -0.25) is 19.2 Å². The molecule has 2 aromatic rings. The van der Waals surface area contributed by atoms with Crippen molar-refractivity contribution in [1.82, 2.24) is 19.6 Å². The predicted molar refractivity (Wildman–Crippen MR) is 134 cm³/mol. The van der Waals surface area contributed by atoms with Crippen LogP contribution in [0.4, 0.5) is 5.69 Å². The van der Waals surface area contributed by atoms with Crippen molar-refractivity contribution in [1.29, 1.82) is 0 Å². The van der Waals surface area contributed by atoms with Crippen molar-refractivity contribution in [2.45, 2.75) is 52.6 Å². The summed E-state index contributed by atoms with van der Waals surface area (Å²) in [6.45, 7) is 9.81. The molecule has 3 rings (SSSR count). The quantitative estimate of drug-likeness (QED) is 0.651. The number of rotatable bonds is 6. The molecular formula is C26H39N5O3. The van der Waals surface area contributed by atoms with E-state index in [4.69, 9.17) is 4.74 Å². The van der Waals surface area contributed by atoms with E-state index in [0.717, 1.165) is 42.0 Å². The van der Waals surface area contributed by atoms with Crippen molar-refractivity contribution in [3.05, 3.63) is 47.3 Å². The molecule has 0 aliphatic carbocycles. The topological polar surface area (TPSA) is 70.9 Å². The van der Waals surface area contributed by atoms with Crippen LogP contribution in [-0.2, 0) is 34.3 Å². The van der Waals surface area contributed by atoms with Gasteiger partial charge in [0.25, 0.3) is 5.91 Å². The van der Waals surface area contributed by atoms with Crippen molar-refractivity contribution < 1.29 is 14.3 Å². The van der Waals surface area contributed by atoms with Gasteiger partial charge in [0.15, 0.2) is 0 Å². The Labute approximate surface area is 203 Å². The van der Waals surface area contributed by atoms with E-state index < -0.39 is 0 Å². The van der Waals surface area contributed by atoms with Gasteiger partial charge in [-0.1, -0.05) is 18.2 Å². The number of nitrogens with zero attached hydrogens (tertiary/aromatic N) is 5. The smallest absolute Gasteiger partial charge is 0.252 e. The van der Waals surface area contributed by atoms with E-state index in [2.05, 4.69) is 23.8 Å². The summed E-state index contributed by atoms with van der Waals surface area (Å²) in [5, 5.41) is 4.40. The molecule has 186 valence electrons. The van der Waals surface area contributed by atoms with Gasteiger partial charge < -0.3 is 14.5 Å². The second-order valence-electron chi connectivity index (χ2n) is 9.32. The van der Waals surface area contributed by atoms with Crippen molar-refractivity contribution in [3.63, 3.8) is 0 Å². The standard InChI is InChI=1S/C26H39N5O3/c1-20(2)29-13-8-14-31(26(33)19-34-5)24-10-7-6-9-23(24)18-30(16-15-29)25(32)12-11-22-17-28(4)27-21(22)3/h6-7,9-10,17,20H,8,11-16,18-19H2,1-5H3. The van der Waals surface area contributed by atoms with E-state index in [-0.39, 0.29) is 18.4 Å². The molecule has 0 fully saturated rings. The number of methoxy groups -OCH3 is 1. The summed E-state index contributed by atoms with van der Waals surface area (Å²) in [6.07, 6.45) is 3.95. The number of aromatic nitrogens is 2. The Morgan fingerprint density at radius 2 is 1.85 bits per heavy atom. The fraction of sp³-hybridized carbons (Fsp3) is 0.577. The highest BCUT2D eigenvalue weighted by atomic mass is 16.5. The maximum Gasteiger partial charge on any atom is 0.252 e. The maximum atomic E-state index is 13.4. The molecule has 0 saturated carbocycles. The number of aryl methyl sites for hydroxylation is 3. The summed E-state index contributed by atoms with van der Waals surface area (Å²) in [5.74, 6) is 0.0611. The molecule has 0 atom stereocenters. The molecule has 1 aromatic heterocycles. The molecule has 0 N–H and O–H groups in total. The number of fused-ring (bicyclic) bond motifs is 1. The minimum Gasteiger partial charge on any atom is -0.375 e. The molecule has 0 bridgehead atoms. The van der Waals surface area contributed by atoms with E-state index in [1.54, 1.807) is 11.8 Å². The number of anilines is 1. The van der Waals surface area contributed by atoms with E-state index in [0.29, 0.717) is 38.5 Å². The normalized spacial score (nSPS) is 15.8. The first-order valence-corrected chi connectivity index (χ1v) is 12.2. The van der Waals surface area contributed by atoms with Gasteiger partial charge in [0.2, 0.25) is 5.91 Å². The number of amides is 2. The molecule has 1 aromatic carbocycles. The number of carbonyl (C=O) groups excluding carboxylic acids is 2. The summed E-state index contributed by atoms with van der Waals surface area (Å²) in [7, 11) is 3.45. The van der Waals surface area contributed by atoms with Crippen LogP contribution in [0.2, 0.25) is 0 Å². The molecule has 1 aliphatic heterocycles. The summed E-state index contributed by atoms with van der Waals surface area (Å²) < 4.78 is 6.95. The predicted octanol–water partition coefficient (Wildman–Crippen LogP) is 2.78. The number of ether oxygens (including phenoxy) is 1. The van der Waals surface area contributed by atoms with E-state index in [1.165, 1.54) is 0 Å². The first-order valence-electron chi connectivity index (χ1n) is 12.2. The Morgan fingerprint density at radius 3 is 2.53 bits per heavy atom. The Morgan fingerprint density at radius 1 is 1.09 bits per heavy atom. The molecule has 8 heteroatoms. The van der Waals surface area contributed by atoms with Gasteiger partial charge in [0.05, 0.1) is 5.69 Å². The lowest BCUT2D eigenvalue weighted by atomic mass is 10.1. The van der Waals surface area contributed by atoms with Gasteiger partial charge in [-0.2, -0.15) is 5.10 Å². The van der Waals surface area contributed by atoms with Crippen LogP contribution in [-0.4, -0.2) is 77.3 Å². The lowest BCUT2D eigenvalue weighted by Crippen LogP contribution is -2.41. The third-order valence-electron chi connectivity index (χ3n) is 6.50. The largest absolute Gasteiger partial charge is 0.375 e. The molecule has 1 aliphatic rings. The average molecular weight is 470 g/mol. The van der Waals surface area contributed by atoms with Crippen LogP contribution < -0.4 is 4.90 Å². The van der Waals surface area contributed by atoms with Crippen LogP contribution >= 0.6 is 0 Å². The third kappa shape index (κ3) is 6.67. The Balaban J connectivity index is 1.87. The lowest BCUT2D eigenvalue weighted by molar-refractivity contribution is -0.132. The monoisotopic (exact) mass is 469 g/mol. The zero-order valence-electron chi connectivity index (χ0n) is 21.3. The first-order chi connectivity index (χ1) is 16.3. The van der Waals surface area contributed by atoms with Crippen molar-refractivity contribution in [2.24, 2.45) is 7.05 Å². The van der Waals surface area contributed by atoms with Crippen LogP contribution in [0.5, 0.6) is 0 Å². The van der Waals surface area contributed by atoms with Crippen molar-refractivity contribution in [2.75, 3.05) is 44.8 Å². The second kappa shape index (κ2) is 12.1. The Hall–Kier alpha value is -2.71. The maximum absolute atomic E-state index is 13.4. The molecule has 0 radical (unpaired) electrons. The second-order valence-corrected chi connectivity index (χ2v) is 9.32. The third-order valence-corrected chi connectivity index (χ3v) is 6.50. The van der Waals surface area contributed by atoms with E-state index >= 15 is 0 Å². The lowest BCUT2D eigenvalue weighted by Gasteiger charge is -2.30. The van der Waals surface area contributed by atoms with Gasteiger partial charge in [0, 0.05) is 71.2 Å². The molecule has 8 nitrogen and oxygen atoms in total. The highest BCUT2D eigenvalue weighted by Gasteiger charge is 2.24. The van der Waals surface area contributed by atoms with Gasteiger partial charge in [-0.15, -0.1) is 0 Å². The van der Waals surface area contributed by atoms with Crippen LogP contribution in [0.15, 0.2) is 30.5 Å². The fourth-order valence-electron chi connectivity index (χ4n) is 4.59. The number of carbonyl (C=O) groups is 2. The molecule has 0 saturated heterocycles. The highest BCUT2D eigenvalue weighted by Crippen LogP contribution is 2.24. The molecule has 0 spiro atoms. The van der Waals surface area contributed by atoms with Crippen LogP contribution in [0.3, 0.4) is 0 Å². The van der Waals surface area contributed by atoms with Gasteiger partial charge in [-0.25, -0.2) is 0 Å². The van der Waals surface area contributed by atoms with Crippen LogP contribution in [0, 0.1) is 6.92 Å². The summed E-state index contributed by atoms with van der Waals surface area (Å²) >= 11 is 0. The van der Waals surface area contributed by atoms with Crippen molar-refractivity contribution in [3.8, 4) is 0 Å². The van der Waals surface area contributed by atoms with Gasteiger partial charge in [-0.05, 0) is 50.8 Å². The average Bonchev–Trinajstić information content (AvgIpc) is 3.11. The Kier molecular flexibility index (Phi) is 9.24. The van der Waals surface area contributed by atoms with Crippen LogP contribution in [0.25, 0.3) is 0 Å². The zero-order valence-corrected chi connectivity index (χ0v) is 21.3. The van der Waals surface area contributed by atoms with Gasteiger partial charge >= 0.3 is 0 Å².